The second-order valence-corrected chi connectivity index (χ2v) is 5.66. The second kappa shape index (κ2) is 5.74. The molecule has 2 aromatic rings. The van der Waals surface area contributed by atoms with Crippen LogP contribution in [0.25, 0.3) is 0 Å². The van der Waals surface area contributed by atoms with Crippen LogP contribution in [0.4, 0.5) is 5.69 Å². The van der Waals surface area contributed by atoms with Crippen LogP contribution >= 0.6 is 11.6 Å². The molecule has 1 aromatic carbocycles. The SMILES string of the molecule is Nc1ccccc1CN(C(=O)c1ccc(Cl)cn1)C1CC1. The van der Waals surface area contributed by atoms with E-state index >= 15 is 0 Å². The number of rotatable bonds is 4. The minimum absolute atomic E-state index is 0.0718. The van der Waals surface area contributed by atoms with E-state index in [9.17, 15) is 4.79 Å². The standard InChI is InChI=1S/C16H16ClN3O/c17-12-5-8-15(19-9-12)16(21)20(13-6-7-13)10-11-3-1-2-4-14(11)18/h1-5,8-9,13H,6-7,10,18H2. The van der Waals surface area contributed by atoms with Crippen molar-refractivity contribution >= 4 is 23.2 Å². The lowest BCUT2D eigenvalue weighted by Crippen LogP contribution is -2.33. The summed E-state index contributed by atoms with van der Waals surface area (Å²) in [7, 11) is 0. The van der Waals surface area contributed by atoms with E-state index in [1.807, 2.05) is 29.2 Å². The van der Waals surface area contributed by atoms with Gasteiger partial charge in [0.1, 0.15) is 5.69 Å². The highest BCUT2D eigenvalue weighted by Crippen LogP contribution is 2.30. The molecule has 0 radical (unpaired) electrons. The Kier molecular flexibility index (Phi) is 3.80. The van der Waals surface area contributed by atoms with Crippen molar-refractivity contribution in [2.45, 2.75) is 25.4 Å². The zero-order valence-electron chi connectivity index (χ0n) is 11.5. The van der Waals surface area contributed by atoms with Gasteiger partial charge in [0.15, 0.2) is 0 Å². The summed E-state index contributed by atoms with van der Waals surface area (Å²) in [5.74, 6) is -0.0718. The first-order valence-corrected chi connectivity index (χ1v) is 7.29. The summed E-state index contributed by atoms with van der Waals surface area (Å²) in [6, 6.07) is 11.3. The van der Waals surface area contributed by atoms with Crippen LogP contribution in [0.5, 0.6) is 0 Å². The average molecular weight is 302 g/mol. The number of aromatic nitrogens is 1. The van der Waals surface area contributed by atoms with Crippen LogP contribution in [0.2, 0.25) is 5.02 Å². The molecule has 0 bridgehead atoms. The maximum Gasteiger partial charge on any atom is 0.272 e. The Morgan fingerprint density at radius 2 is 2.05 bits per heavy atom. The molecule has 1 aliphatic rings. The molecule has 0 aliphatic heterocycles. The van der Waals surface area contributed by atoms with Crippen LogP contribution in [0, 0.1) is 0 Å². The predicted octanol–water partition coefficient (Wildman–Crippen LogP) is 3.12. The largest absolute Gasteiger partial charge is 0.398 e. The average Bonchev–Trinajstić information content (AvgIpc) is 3.31. The topological polar surface area (TPSA) is 59.2 Å². The first-order chi connectivity index (χ1) is 10.1. The van der Waals surface area contributed by atoms with Gasteiger partial charge in [-0.25, -0.2) is 4.98 Å². The van der Waals surface area contributed by atoms with Crippen molar-refractivity contribution in [1.29, 1.82) is 0 Å². The van der Waals surface area contributed by atoms with Gasteiger partial charge in [0.25, 0.3) is 5.91 Å². The van der Waals surface area contributed by atoms with E-state index in [-0.39, 0.29) is 11.9 Å². The fourth-order valence-corrected chi connectivity index (χ4v) is 2.38. The molecule has 1 aliphatic carbocycles. The number of nitrogen functional groups attached to an aromatic ring is 1. The van der Waals surface area contributed by atoms with Gasteiger partial charge in [-0.15, -0.1) is 0 Å². The Balaban J connectivity index is 1.83. The number of halogens is 1. The lowest BCUT2D eigenvalue weighted by Gasteiger charge is -2.23. The number of nitrogens with two attached hydrogens (primary N) is 1. The Labute approximate surface area is 128 Å². The molecule has 108 valence electrons. The minimum atomic E-state index is -0.0718. The predicted molar refractivity (Wildman–Crippen MR) is 83.0 cm³/mol. The fourth-order valence-electron chi connectivity index (χ4n) is 2.26. The van der Waals surface area contributed by atoms with Crippen molar-refractivity contribution < 1.29 is 4.79 Å². The van der Waals surface area contributed by atoms with Crippen LogP contribution in [-0.4, -0.2) is 21.8 Å². The minimum Gasteiger partial charge on any atom is -0.398 e. The first-order valence-electron chi connectivity index (χ1n) is 6.91. The Morgan fingerprint density at radius 1 is 1.29 bits per heavy atom. The van der Waals surface area contributed by atoms with E-state index in [2.05, 4.69) is 4.98 Å². The van der Waals surface area contributed by atoms with E-state index in [1.165, 1.54) is 6.20 Å². The number of para-hydroxylation sites is 1. The molecule has 21 heavy (non-hydrogen) atoms. The normalized spacial score (nSPS) is 14.0. The van der Waals surface area contributed by atoms with Crippen LogP contribution in [-0.2, 0) is 6.54 Å². The Hall–Kier alpha value is -2.07. The van der Waals surface area contributed by atoms with Crippen molar-refractivity contribution in [3.05, 3.63) is 58.9 Å². The summed E-state index contributed by atoms with van der Waals surface area (Å²) in [6.45, 7) is 0.514. The number of benzene rings is 1. The molecular formula is C16H16ClN3O. The Morgan fingerprint density at radius 3 is 2.67 bits per heavy atom. The van der Waals surface area contributed by atoms with Gasteiger partial charge in [-0.05, 0) is 36.6 Å². The molecule has 1 fully saturated rings. The zero-order valence-corrected chi connectivity index (χ0v) is 12.3. The molecule has 3 rings (SSSR count). The lowest BCUT2D eigenvalue weighted by atomic mass is 10.1. The molecule has 1 heterocycles. The molecule has 0 spiro atoms. The number of anilines is 1. The zero-order chi connectivity index (χ0) is 14.8. The van der Waals surface area contributed by atoms with Crippen LogP contribution in [0.15, 0.2) is 42.6 Å². The summed E-state index contributed by atoms with van der Waals surface area (Å²) >= 11 is 5.82. The van der Waals surface area contributed by atoms with Crippen LogP contribution < -0.4 is 5.73 Å². The van der Waals surface area contributed by atoms with Crippen molar-refractivity contribution in [2.75, 3.05) is 5.73 Å². The fraction of sp³-hybridized carbons (Fsp3) is 0.250. The number of pyridine rings is 1. The highest BCUT2D eigenvalue weighted by Gasteiger charge is 2.33. The van der Waals surface area contributed by atoms with Crippen molar-refractivity contribution in [1.82, 2.24) is 9.88 Å². The van der Waals surface area contributed by atoms with Crippen molar-refractivity contribution in [2.24, 2.45) is 0 Å². The molecule has 0 saturated heterocycles. The highest BCUT2D eigenvalue weighted by atomic mass is 35.5. The second-order valence-electron chi connectivity index (χ2n) is 5.22. The maximum absolute atomic E-state index is 12.6. The van der Waals surface area contributed by atoms with Crippen molar-refractivity contribution in [3.63, 3.8) is 0 Å². The summed E-state index contributed by atoms with van der Waals surface area (Å²) < 4.78 is 0. The third-order valence-electron chi connectivity index (χ3n) is 3.59. The van der Waals surface area contributed by atoms with E-state index < -0.39 is 0 Å². The number of hydrogen-bond acceptors (Lipinski definition) is 3. The summed E-state index contributed by atoms with van der Waals surface area (Å²) in [4.78, 5) is 18.6. The van der Waals surface area contributed by atoms with E-state index in [1.54, 1.807) is 12.1 Å². The summed E-state index contributed by atoms with van der Waals surface area (Å²) in [5, 5.41) is 0.525. The molecular weight excluding hydrogens is 286 g/mol. The highest BCUT2D eigenvalue weighted by molar-refractivity contribution is 6.30. The molecule has 1 amide bonds. The van der Waals surface area contributed by atoms with Gasteiger partial charge in [-0.3, -0.25) is 4.79 Å². The number of hydrogen-bond donors (Lipinski definition) is 1. The van der Waals surface area contributed by atoms with Gasteiger partial charge in [0, 0.05) is 24.5 Å². The molecule has 0 atom stereocenters. The third kappa shape index (κ3) is 3.16. The van der Waals surface area contributed by atoms with Gasteiger partial charge in [-0.1, -0.05) is 29.8 Å². The number of carbonyl (C=O) groups is 1. The van der Waals surface area contributed by atoms with E-state index in [0.717, 1.165) is 18.4 Å². The maximum atomic E-state index is 12.6. The van der Waals surface area contributed by atoms with E-state index in [4.69, 9.17) is 17.3 Å². The molecule has 5 heteroatoms. The molecule has 4 nitrogen and oxygen atoms in total. The molecule has 0 unspecified atom stereocenters. The third-order valence-corrected chi connectivity index (χ3v) is 3.81. The van der Waals surface area contributed by atoms with Gasteiger partial charge in [0.05, 0.1) is 5.02 Å². The van der Waals surface area contributed by atoms with Gasteiger partial charge in [-0.2, -0.15) is 0 Å². The van der Waals surface area contributed by atoms with Crippen LogP contribution in [0.1, 0.15) is 28.9 Å². The summed E-state index contributed by atoms with van der Waals surface area (Å²) in [5.41, 5.74) is 8.07. The van der Waals surface area contributed by atoms with Gasteiger partial charge in [0.2, 0.25) is 0 Å². The molecule has 2 N–H and O–H groups in total. The number of nitrogens with zero attached hydrogens (tertiary/aromatic N) is 2. The first kappa shape index (κ1) is 13.9. The quantitative estimate of drug-likeness (QED) is 0.883. The van der Waals surface area contributed by atoms with Gasteiger partial charge >= 0.3 is 0 Å². The van der Waals surface area contributed by atoms with Gasteiger partial charge < -0.3 is 10.6 Å². The molecule has 1 saturated carbocycles. The smallest absolute Gasteiger partial charge is 0.272 e. The number of amides is 1. The Bertz CT molecular complexity index is 653. The molecule has 1 aromatic heterocycles. The lowest BCUT2D eigenvalue weighted by molar-refractivity contribution is 0.0724. The summed E-state index contributed by atoms with van der Waals surface area (Å²) in [6.07, 6.45) is 3.56. The van der Waals surface area contributed by atoms with Crippen molar-refractivity contribution in [3.8, 4) is 0 Å². The monoisotopic (exact) mass is 301 g/mol. The number of carbonyl (C=O) groups excluding carboxylic acids is 1. The van der Waals surface area contributed by atoms with Crippen LogP contribution in [0.3, 0.4) is 0 Å². The van der Waals surface area contributed by atoms with E-state index in [0.29, 0.717) is 22.9 Å².